The Hall–Kier alpha value is -0.940. The maximum atomic E-state index is 13.0. The van der Waals surface area contributed by atoms with Crippen molar-refractivity contribution in [2.45, 2.75) is 12.0 Å². The maximum Gasteiger partial charge on any atom is 0.123 e. The van der Waals surface area contributed by atoms with Crippen LogP contribution in [0.1, 0.15) is 23.1 Å². The molecule has 2 atom stereocenters. The van der Waals surface area contributed by atoms with E-state index in [4.69, 9.17) is 17.3 Å². The zero-order valence-corrected chi connectivity index (χ0v) is 12.9. The van der Waals surface area contributed by atoms with Crippen LogP contribution in [0.2, 0.25) is 5.02 Å². The van der Waals surface area contributed by atoms with Gasteiger partial charge in [-0.3, -0.25) is 0 Å². The summed E-state index contributed by atoms with van der Waals surface area (Å²) in [5.41, 5.74) is 7.13. The lowest BCUT2D eigenvalue weighted by Crippen LogP contribution is -2.20. The lowest BCUT2D eigenvalue weighted by molar-refractivity contribution is 0.147. The van der Waals surface area contributed by atoms with Gasteiger partial charge >= 0.3 is 0 Å². The van der Waals surface area contributed by atoms with Crippen LogP contribution in [0.25, 0.3) is 0 Å². The lowest BCUT2D eigenvalue weighted by Gasteiger charge is -2.23. The Morgan fingerprint density at radius 3 is 2.45 bits per heavy atom. The Kier molecular flexibility index (Phi) is 5.16. The van der Waals surface area contributed by atoms with Crippen molar-refractivity contribution in [3.05, 3.63) is 68.9 Å². The molecular formula is C15H14BrClFNO. The van der Waals surface area contributed by atoms with E-state index in [1.807, 2.05) is 0 Å². The van der Waals surface area contributed by atoms with Gasteiger partial charge in [0.05, 0.1) is 6.10 Å². The van der Waals surface area contributed by atoms with Crippen LogP contribution in [-0.2, 0) is 0 Å². The first-order valence-corrected chi connectivity index (χ1v) is 7.28. The molecule has 0 aromatic heterocycles. The number of nitrogens with two attached hydrogens (primary N) is 1. The molecule has 0 aliphatic carbocycles. The van der Waals surface area contributed by atoms with Crippen molar-refractivity contribution in [2.75, 3.05) is 6.54 Å². The largest absolute Gasteiger partial charge is 0.388 e. The molecule has 0 radical (unpaired) electrons. The SMILES string of the molecule is NCC(c1ccc(F)cc1)C(O)c1cc(Br)ccc1Cl. The monoisotopic (exact) mass is 357 g/mol. The molecule has 0 amide bonds. The van der Waals surface area contributed by atoms with E-state index < -0.39 is 6.10 Å². The predicted octanol–water partition coefficient (Wildman–Crippen LogP) is 4.02. The van der Waals surface area contributed by atoms with Crippen LogP contribution in [0.4, 0.5) is 4.39 Å². The third-order valence-electron chi connectivity index (χ3n) is 3.21. The average Bonchev–Trinajstić information content (AvgIpc) is 2.44. The fourth-order valence-electron chi connectivity index (χ4n) is 2.12. The Morgan fingerprint density at radius 1 is 1.20 bits per heavy atom. The summed E-state index contributed by atoms with van der Waals surface area (Å²) in [4.78, 5) is 0. The number of aliphatic hydroxyl groups is 1. The molecule has 0 spiro atoms. The summed E-state index contributed by atoms with van der Waals surface area (Å²) in [5, 5.41) is 11.0. The Bertz CT molecular complexity index is 591. The van der Waals surface area contributed by atoms with E-state index in [1.54, 1.807) is 30.3 Å². The summed E-state index contributed by atoms with van der Waals surface area (Å²) in [6.45, 7) is 0.232. The minimum atomic E-state index is -0.851. The molecule has 2 aromatic rings. The van der Waals surface area contributed by atoms with Crippen molar-refractivity contribution in [3.63, 3.8) is 0 Å². The predicted molar refractivity (Wildman–Crippen MR) is 82.3 cm³/mol. The standard InChI is InChI=1S/C15H14BrClFNO/c16-10-3-6-14(17)12(7-10)15(20)13(8-19)9-1-4-11(18)5-2-9/h1-7,13,15,20H,8,19H2. The van der Waals surface area contributed by atoms with Gasteiger partial charge in [0.15, 0.2) is 0 Å². The van der Waals surface area contributed by atoms with Crippen LogP contribution in [0.3, 0.4) is 0 Å². The van der Waals surface area contributed by atoms with E-state index in [0.717, 1.165) is 10.0 Å². The molecule has 2 rings (SSSR count). The molecule has 20 heavy (non-hydrogen) atoms. The van der Waals surface area contributed by atoms with Crippen LogP contribution in [0, 0.1) is 5.82 Å². The zero-order valence-electron chi connectivity index (χ0n) is 10.6. The fraction of sp³-hybridized carbons (Fsp3) is 0.200. The first kappa shape index (κ1) is 15.4. The summed E-state index contributed by atoms with van der Waals surface area (Å²) in [5.74, 6) is -0.665. The number of hydrogen-bond acceptors (Lipinski definition) is 2. The Labute approximate surface area is 130 Å². The summed E-state index contributed by atoms with van der Waals surface area (Å²) in [6, 6.07) is 11.2. The van der Waals surface area contributed by atoms with Crippen LogP contribution < -0.4 is 5.73 Å². The van der Waals surface area contributed by atoms with E-state index in [2.05, 4.69) is 15.9 Å². The van der Waals surface area contributed by atoms with Crippen molar-refractivity contribution in [1.82, 2.24) is 0 Å². The summed E-state index contributed by atoms with van der Waals surface area (Å²) >= 11 is 9.47. The minimum Gasteiger partial charge on any atom is -0.388 e. The summed E-state index contributed by atoms with van der Waals surface area (Å²) in [7, 11) is 0. The molecule has 0 heterocycles. The molecule has 0 bridgehead atoms. The van der Waals surface area contributed by atoms with Crippen LogP contribution in [0.15, 0.2) is 46.9 Å². The van der Waals surface area contributed by atoms with Gasteiger partial charge in [-0.15, -0.1) is 0 Å². The number of rotatable bonds is 4. The van der Waals surface area contributed by atoms with Gasteiger partial charge in [-0.25, -0.2) is 4.39 Å². The van der Waals surface area contributed by atoms with Crippen molar-refractivity contribution >= 4 is 27.5 Å². The van der Waals surface area contributed by atoms with Gasteiger partial charge in [0, 0.05) is 27.5 Å². The maximum absolute atomic E-state index is 13.0. The summed E-state index contributed by atoms with van der Waals surface area (Å²) in [6.07, 6.45) is -0.851. The second-order valence-electron chi connectivity index (χ2n) is 4.50. The molecule has 2 unspecified atom stereocenters. The highest BCUT2D eigenvalue weighted by Gasteiger charge is 2.23. The Balaban J connectivity index is 2.35. The topological polar surface area (TPSA) is 46.2 Å². The summed E-state index contributed by atoms with van der Waals surface area (Å²) < 4.78 is 13.8. The third kappa shape index (κ3) is 3.38. The van der Waals surface area contributed by atoms with Crippen molar-refractivity contribution in [1.29, 1.82) is 0 Å². The van der Waals surface area contributed by atoms with Crippen LogP contribution in [-0.4, -0.2) is 11.7 Å². The number of aliphatic hydroxyl groups excluding tert-OH is 1. The second-order valence-corrected chi connectivity index (χ2v) is 5.83. The van der Waals surface area contributed by atoms with Crippen molar-refractivity contribution < 1.29 is 9.50 Å². The number of halogens is 3. The molecule has 2 nitrogen and oxygen atoms in total. The second kappa shape index (κ2) is 6.68. The van der Waals surface area contributed by atoms with Gasteiger partial charge in [0.1, 0.15) is 5.82 Å². The Morgan fingerprint density at radius 2 is 1.85 bits per heavy atom. The van der Waals surface area contributed by atoms with E-state index in [1.165, 1.54) is 12.1 Å². The highest BCUT2D eigenvalue weighted by Crippen LogP contribution is 2.35. The fourth-order valence-corrected chi connectivity index (χ4v) is 2.72. The first-order valence-electron chi connectivity index (χ1n) is 6.11. The number of hydrogen-bond donors (Lipinski definition) is 2. The minimum absolute atomic E-state index is 0.232. The van der Waals surface area contributed by atoms with Gasteiger partial charge in [-0.2, -0.15) is 0 Å². The first-order chi connectivity index (χ1) is 9.52. The van der Waals surface area contributed by atoms with Gasteiger partial charge in [0.2, 0.25) is 0 Å². The van der Waals surface area contributed by atoms with Gasteiger partial charge < -0.3 is 10.8 Å². The van der Waals surface area contributed by atoms with Gasteiger partial charge in [-0.1, -0.05) is 39.7 Å². The highest BCUT2D eigenvalue weighted by atomic mass is 79.9. The van der Waals surface area contributed by atoms with E-state index in [-0.39, 0.29) is 18.3 Å². The van der Waals surface area contributed by atoms with Gasteiger partial charge in [0.25, 0.3) is 0 Å². The van der Waals surface area contributed by atoms with Crippen molar-refractivity contribution in [3.8, 4) is 0 Å². The molecule has 106 valence electrons. The van der Waals surface area contributed by atoms with Crippen LogP contribution in [0.5, 0.6) is 0 Å². The molecule has 3 N–H and O–H groups in total. The molecule has 5 heteroatoms. The zero-order chi connectivity index (χ0) is 14.7. The molecule has 0 aliphatic rings. The smallest absolute Gasteiger partial charge is 0.123 e. The van der Waals surface area contributed by atoms with Crippen LogP contribution >= 0.6 is 27.5 Å². The normalized spacial score (nSPS) is 14.1. The lowest BCUT2D eigenvalue weighted by atomic mass is 9.89. The molecule has 0 aliphatic heterocycles. The molecular weight excluding hydrogens is 345 g/mol. The molecule has 0 saturated heterocycles. The van der Waals surface area contributed by atoms with E-state index in [0.29, 0.717) is 10.6 Å². The quantitative estimate of drug-likeness (QED) is 0.867. The van der Waals surface area contributed by atoms with Gasteiger partial charge in [-0.05, 0) is 35.9 Å². The number of benzene rings is 2. The van der Waals surface area contributed by atoms with E-state index in [9.17, 15) is 9.50 Å². The molecule has 0 fully saturated rings. The molecule has 2 aromatic carbocycles. The average molecular weight is 359 g/mol. The highest BCUT2D eigenvalue weighted by molar-refractivity contribution is 9.10. The van der Waals surface area contributed by atoms with E-state index >= 15 is 0 Å². The third-order valence-corrected chi connectivity index (χ3v) is 4.05. The molecule has 0 saturated carbocycles. The van der Waals surface area contributed by atoms with Crippen molar-refractivity contribution in [2.24, 2.45) is 5.73 Å².